The number of hydrogen-bond donors (Lipinski definition) is 0. The molecule has 5 nitrogen and oxygen atoms in total. The number of likely N-dealkylation sites (tertiary alicyclic amines) is 1. The number of aromatic nitrogens is 2. The van der Waals surface area contributed by atoms with E-state index in [1.807, 2.05) is 42.5 Å². The predicted molar refractivity (Wildman–Crippen MR) is 107 cm³/mol. The van der Waals surface area contributed by atoms with Crippen LogP contribution in [0.25, 0.3) is 11.3 Å². The molecule has 0 saturated carbocycles. The molecule has 27 heavy (non-hydrogen) atoms. The van der Waals surface area contributed by atoms with Crippen LogP contribution in [0.3, 0.4) is 0 Å². The molecule has 2 fully saturated rings. The monoisotopic (exact) mass is 364 g/mol. The van der Waals surface area contributed by atoms with Crippen molar-refractivity contribution in [1.82, 2.24) is 15.1 Å². The van der Waals surface area contributed by atoms with Crippen molar-refractivity contribution in [2.75, 3.05) is 31.1 Å². The summed E-state index contributed by atoms with van der Waals surface area (Å²) in [6.45, 7) is 5.82. The minimum absolute atomic E-state index is 0.0859. The van der Waals surface area contributed by atoms with E-state index >= 15 is 0 Å². The van der Waals surface area contributed by atoms with Gasteiger partial charge in [-0.2, -0.15) is 0 Å². The van der Waals surface area contributed by atoms with E-state index in [-0.39, 0.29) is 5.92 Å². The van der Waals surface area contributed by atoms with Gasteiger partial charge in [-0.1, -0.05) is 37.3 Å². The Balaban J connectivity index is 1.41. The number of rotatable bonds is 3. The van der Waals surface area contributed by atoms with Gasteiger partial charge in [-0.05, 0) is 43.7 Å². The highest BCUT2D eigenvalue weighted by atomic mass is 16.2. The number of piperidine rings is 2. The van der Waals surface area contributed by atoms with E-state index in [9.17, 15) is 4.79 Å². The molecule has 3 heterocycles. The second kappa shape index (κ2) is 8.07. The zero-order valence-electron chi connectivity index (χ0n) is 16.1. The van der Waals surface area contributed by atoms with E-state index in [2.05, 4.69) is 26.9 Å². The minimum Gasteiger partial charge on any atom is -0.354 e. The van der Waals surface area contributed by atoms with Gasteiger partial charge in [0.05, 0.1) is 11.6 Å². The topological polar surface area (TPSA) is 49.3 Å². The first-order valence-electron chi connectivity index (χ1n) is 10.1. The smallest absolute Gasteiger partial charge is 0.227 e. The molecule has 1 atom stereocenters. The highest BCUT2D eigenvalue weighted by Gasteiger charge is 2.31. The van der Waals surface area contributed by atoms with Crippen LogP contribution in [-0.2, 0) is 4.79 Å². The molecule has 1 amide bonds. The number of nitrogens with zero attached hydrogens (tertiary/aromatic N) is 4. The second-order valence-corrected chi connectivity index (χ2v) is 7.94. The van der Waals surface area contributed by atoms with Crippen LogP contribution in [0.5, 0.6) is 0 Å². The average Bonchev–Trinajstić information content (AvgIpc) is 2.75. The second-order valence-electron chi connectivity index (χ2n) is 7.94. The Hall–Kier alpha value is -2.43. The number of carbonyl (C=O) groups excluding carboxylic acids is 1. The quantitative estimate of drug-likeness (QED) is 0.835. The zero-order valence-corrected chi connectivity index (χ0v) is 16.1. The molecule has 0 radical (unpaired) electrons. The van der Waals surface area contributed by atoms with Crippen LogP contribution >= 0.6 is 0 Å². The normalized spacial score (nSPS) is 21.3. The molecule has 0 bridgehead atoms. The van der Waals surface area contributed by atoms with Crippen molar-refractivity contribution in [3.8, 4) is 11.3 Å². The number of hydrogen-bond acceptors (Lipinski definition) is 4. The fourth-order valence-corrected chi connectivity index (χ4v) is 4.13. The highest BCUT2D eigenvalue weighted by Crippen LogP contribution is 2.26. The molecule has 1 aromatic heterocycles. The molecule has 5 heteroatoms. The van der Waals surface area contributed by atoms with Gasteiger partial charge in [0.1, 0.15) is 0 Å². The summed E-state index contributed by atoms with van der Waals surface area (Å²) in [7, 11) is 0. The lowest BCUT2D eigenvalue weighted by molar-refractivity contribution is -0.137. The van der Waals surface area contributed by atoms with Crippen molar-refractivity contribution in [2.24, 2.45) is 11.8 Å². The lowest BCUT2D eigenvalue weighted by Crippen LogP contribution is -2.47. The summed E-state index contributed by atoms with van der Waals surface area (Å²) in [5.74, 6) is 2.04. The molecular weight excluding hydrogens is 336 g/mol. The van der Waals surface area contributed by atoms with E-state index < -0.39 is 0 Å². The van der Waals surface area contributed by atoms with Gasteiger partial charge in [-0.3, -0.25) is 4.79 Å². The highest BCUT2D eigenvalue weighted by molar-refractivity contribution is 5.80. The first kappa shape index (κ1) is 18.0. The van der Waals surface area contributed by atoms with Crippen LogP contribution in [0.4, 0.5) is 5.82 Å². The molecule has 0 spiro atoms. The number of benzene rings is 1. The number of anilines is 1. The van der Waals surface area contributed by atoms with E-state index in [0.717, 1.165) is 74.9 Å². The van der Waals surface area contributed by atoms with Crippen LogP contribution in [0.2, 0.25) is 0 Å². The maximum absolute atomic E-state index is 12.9. The van der Waals surface area contributed by atoms with E-state index in [4.69, 9.17) is 0 Å². The molecule has 2 aliphatic rings. The van der Waals surface area contributed by atoms with Crippen molar-refractivity contribution in [1.29, 1.82) is 0 Å². The Morgan fingerprint density at radius 1 is 0.963 bits per heavy atom. The largest absolute Gasteiger partial charge is 0.354 e. The Morgan fingerprint density at radius 3 is 2.44 bits per heavy atom. The van der Waals surface area contributed by atoms with Crippen LogP contribution in [0.1, 0.15) is 32.6 Å². The molecule has 0 aliphatic carbocycles. The zero-order chi connectivity index (χ0) is 18.6. The van der Waals surface area contributed by atoms with Crippen molar-refractivity contribution in [2.45, 2.75) is 32.6 Å². The van der Waals surface area contributed by atoms with Gasteiger partial charge in [0.25, 0.3) is 0 Å². The van der Waals surface area contributed by atoms with E-state index in [1.54, 1.807) is 0 Å². The third-order valence-electron chi connectivity index (χ3n) is 5.91. The summed E-state index contributed by atoms with van der Waals surface area (Å²) in [6, 6.07) is 14.1. The third-order valence-corrected chi connectivity index (χ3v) is 5.91. The van der Waals surface area contributed by atoms with Crippen LogP contribution < -0.4 is 4.90 Å². The van der Waals surface area contributed by atoms with Gasteiger partial charge in [-0.15, -0.1) is 10.2 Å². The molecule has 1 aromatic carbocycles. The summed E-state index contributed by atoms with van der Waals surface area (Å²) in [5, 5.41) is 8.85. The van der Waals surface area contributed by atoms with Crippen LogP contribution in [-0.4, -0.2) is 47.2 Å². The van der Waals surface area contributed by atoms with Crippen molar-refractivity contribution in [3.05, 3.63) is 42.5 Å². The van der Waals surface area contributed by atoms with Gasteiger partial charge in [0.2, 0.25) is 5.91 Å². The number of carbonyl (C=O) groups is 1. The average molecular weight is 364 g/mol. The number of amides is 1. The van der Waals surface area contributed by atoms with Gasteiger partial charge in [0.15, 0.2) is 5.82 Å². The Kier molecular flexibility index (Phi) is 5.37. The Bertz CT molecular complexity index is 754. The summed E-state index contributed by atoms with van der Waals surface area (Å²) in [6.07, 6.45) is 4.28. The van der Waals surface area contributed by atoms with Crippen molar-refractivity contribution < 1.29 is 4.79 Å². The first-order chi connectivity index (χ1) is 13.2. The first-order valence-corrected chi connectivity index (χ1v) is 10.1. The summed E-state index contributed by atoms with van der Waals surface area (Å²) in [5.41, 5.74) is 1.95. The minimum atomic E-state index is 0.0859. The predicted octanol–water partition coefficient (Wildman–Crippen LogP) is 3.62. The fourth-order valence-electron chi connectivity index (χ4n) is 4.13. The van der Waals surface area contributed by atoms with Gasteiger partial charge < -0.3 is 9.80 Å². The molecule has 2 aliphatic heterocycles. The van der Waals surface area contributed by atoms with Gasteiger partial charge in [-0.25, -0.2) is 0 Å². The molecule has 0 unspecified atom stereocenters. The molecule has 0 N–H and O–H groups in total. The molecule has 2 saturated heterocycles. The Labute approximate surface area is 161 Å². The van der Waals surface area contributed by atoms with Crippen LogP contribution in [0, 0.1) is 11.8 Å². The van der Waals surface area contributed by atoms with E-state index in [1.165, 1.54) is 0 Å². The summed E-state index contributed by atoms with van der Waals surface area (Å²) >= 11 is 0. The molecular formula is C22H28N4O. The SMILES string of the molecule is CC1CCN(C(=O)[C@@H]2CCCN(c3ccc(-c4ccccc4)nn3)C2)CC1. The molecule has 2 aromatic rings. The van der Waals surface area contributed by atoms with Crippen molar-refractivity contribution in [3.63, 3.8) is 0 Å². The summed E-state index contributed by atoms with van der Waals surface area (Å²) in [4.78, 5) is 17.2. The van der Waals surface area contributed by atoms with E-state index in [0.29, 0.717) is 5.91 Å². The standard InChI is InChI=1S/C22H28N4O/c1-17-11-14-25(15-12-17)22(27)19-8-5-13-26(16-19)21-10-9-20(23-24-21)18-6-3-2-4-7-18/h2-4,6-7,9-10,17,19H,5,8,11-16H2,1H3/t19-/m1/s1. The van der Waals surface area contributed by atoms with Gasteiger partial charge >= 0.3 is 0 Å². The lowest BCUT2D eigenvalue weighted by Gasteiger charge is -2.37. The summed E-state index contributed by atoms with van der Waals surface area (Å²) < 4.78 is 0. The molecule has 142 valence electrons. The van der Waals surface area contributed by atoms with Crippen LogP contribution in [0.15, 0.2) is 42.5 Å². The van der Waals surface area contributed by atoms with Crippen molar-refractivity contribution >= 4 is 11.7 Å². The Morgan fingerprint density at radius 2 is 1.74 bits per heavy atom. The maximum Gasteiger partial charge on any atom is 0.227 e. The third kappa shape index (κ3) is 4.12. The fraction of sp³-hybridized carbons (Fsp3) is 0.500. The maximum atomic E-state index is 12.9. The van der Waals surface area contributed by atoms with Gasteiger partial charge in [0, 0.05) is 31.7 Å². The lowest BCUT2D eigenvalue weighted by atomic mass is 9.93. The molecule has 4 rings (SSSR count).